The molecule has 0 fully saturated rings. The highest BCUT2D eigenvalue weighted by Crippen LogP contribution is 2.30. The number of aliphatic hydroxyl groups excluding tert-OH is 1. The fraction of sp³-hybridized carbons (Fsp3) is 0.190. The zero-order valence-electron chi connectivity index (χ0n) is 15.1. The van der Waals surface area contributed by atoms with E-state index >= 15 is 0 Å². The summed E-state index contributed by atoms with van der Waals surface area (Å²) in [7, 11) is 0. The first kappa shape index (κ1) is 19.2. The summed E-state index contributed by atoms with van der Waals surface area (Å²) in [5, 5.41) is 11.9. The third kappa shape index (κ3) is 4.78. The number of aryl methyl sites for hydroxylation is 2. The Bertz CT molecular complexity index is 941. The summed E-state index contributed by atoms with van der Waals surface area (Å²) >= 11 is 3.47. The van der Waals surface area contributed by atoms with E-state index in [1.165, 1.54) is 0 Å². The monoisotopic (exact) mass is 429 g/mol. The van der Waals surface area contributed by atoms with Gasteiger partial charge in [-0.1, -0.05) is 18.2 Å². The maximum Gasteiger partial charge on any atom is 0.262 e. The Morgan fingerprint density at radius 3 is 2.70 bits per heavy atom. The molecule has 1 amide bonds. The Balaban J connectivity index is 1.65. The number of hydrogen-bond donors (Lipinski definition) is 2. The molecule has 2 aromatic carbocycles. The van der Waals surface area contributed by atoms with Crippen molar-refractivity contribution in [3.05, 3.63) is 69.9 Å². The van der Waals surface area contributed by atoms with Crippen LogP contribution in [-0.2, 0) is 11.4 Å². The molecule has 0 saturated carbocycles. The van der Waals surface area contributed by atoms with Gasteiger partial charge < -0.3 is 19.6 Å². The minimum atomic E-state index is -0.255. The zero-order valence-corrected chi connectivity index (χ0v) is 16.7. The van der Waals surface area contributed by atoms with Gasteiger partial charge >= 0.3 is 0 Å². The van der Waals surface area contributed by atoms with Crippen LogP contribution in [0.25, 0.3) is 11.3 Å². The molecular formula is C21H20BrNO4. The number of anilines is 1. The smallest absolute Gasteiger partial charge is 0.262 e. The molecular weight excluding hydrogens is 410 g/mol. The van der Waals surface area contributed by atoms with Crippen LogP contribution in [0.5, 0.6) is 5.75 Å². The van der Waals surface area contributed by atoms with Crippen molar-refractivity contribution in [1.82, 2.24) is 0 Å². The molecule has 0 unspecified atom stereocenters. The number of furan rings is 1. The number of benzene rings is 2. The molecule has 0 bridgehead atoms. The largest absolute Gasteiger partial charge is 0.482 e. The minimum Gasteiger partial charge on any atom is -0.482 e. The van der Waals surface area contributed by atoms with Gasteiger partial charge in [-0.2, -0.15) is 0 Å². The molecule has 1 aromatic heterocycles. The van der Waals surface area contributed by atoms with Crippen molar-refractivity contribution >= 4 is 27.5 Å². The van der Waals surface area contributed by atoms with Crippen molar-refractivity contribution in [3.8, 4) is 17.1 Å². The number of carbonyl (C=O) groups is 1. The Labute approximate surface area is 166 Å². The van der Waals surface area contributed by atoms with Crippen LogP contribution in [0.15, 0.2) is 57.4 Å². The average molecular weight is 430 g/mol. The summed E-state index contributed by atoms with van der Waals surface area (Å²) in [6.07, 6.45) is 0. The molecule has 2 N–H and O–H groups in total. The molecule has 0 saturated heterocycles. The summed E-state index contributed by atoms with van der Waals surface area (Å²) in [4.78, 5) is 12.3. The standard InChI is InChI=1S/C21H20BrNO4/c1-13-8-14(2)21(18(22)9-13)26-12-20(25)23-16-5-3-4-15(10-16)19-7-6-17(11-24)27-19/h3-10,24H,11-12H2,1-2H3,(H,23,25). The Kier molecular flexibility index (Phi) is 5.98. The van der Waals surface area contributed by atoms with Crippen LogP contribution in [0.1, 0.15) is 16.9 Å². The Morgan fingerprint density at radius 1 is 1.19 bits per heavy atom. The van der Waals surface area contributed by atoms with E-state index in [4.69, 9.17) is 14.3 Å². The van der Waals surface area contributed by atoms with Gasteiger partial charge in [-0.3, -0.25) is 4.79 Å². The average Bonchev–Trinajstić information content (AvgIpc) is 3.10. The fourth-order valence-electron chi connectivity index (χ4n) is 2.79. The maximum absolute atomic E-state index is 12.3. The van der Waals surface area contributed by atoms with E-state index in [2.05, 4.69) is 21.2 Å². The van der Waals surface area contributed by atoms with E-state index in [9.17, 15) is 4.79 Å². The van der Waals surface area contributed by atoms with Gasteiger partial charge in [0.15, 0.2) is 6.61 Å². The van der Waals surface area contributed by atoms with Gasteiger partial charge in [0.2, 0.25) is 0 Å². The normalized spacial score (nSPS) is 10.7. The summed E-state index contributed by atoms with van der Waals surface area (Å²) in [5.41, 5.74) is 3.54. The predicted molar refractivity (Wildman–Crippen MR) is 108 cm³/mol. The van der Waals surface area contributed by atoms with Gasteiger partial charge in [-0.15, -0.1) is 0 Å². The number of carbonyl (C=O) groups excluding carboxylic acids is 1. The quantitative estimate of drug-likeness (QED) is 0.588. The number of nitrogens with one attached hydrogen (secondary N) is 1. The van der Waals surface area contributed by atoms with Crippen LogP contribution in [-0.4, -0.2) is 17.6 Å². The van der Waals surface area contributed by atoms with Gasteiger partial charge in [0.25, 0.3) is 5.91 Å². The van der Waals surface area contributed by atoms with E-state index in [1.54, 1.807) is 18.2 Å². The third-order valence-corrected chi connectivity index (χ3v) is 4.56. The molecule has 3 rings (SSSR count). The number of aliphatic hydroxyl groups is 1. The van der Waals surface area contributed by atoms with Crippen LogP contribution >= 0.6 is 15.9 Å². The second kappa shape index (κ2) is 8.41. The lowest BCUT2D eigenvalue weighted by Crippen LogP contribution is -2.20. The fourth-order valence-corrected chi connectivity index (χ4v) is 3.58. The lowest BCUT2D eigenvalue weighted by Gasteiger charge is -2.12. The first-order chi connectivity index (χ1) is 13.0. The van der Waals surface area contributed by atoms with Gasteiger partial charge in [-0.05, 0) is 71.2 Å². The van der Waals surface area contributed by atoms with Crippen LogP contribution in [0.2, 0.25) is 0 Å². The van der Waals surface area contributed by atoms with Crippen molar-refractivity contribution in [2.24, 2.45) is 0 Å². The maximum atomic E-state index is 12.3. The van der Waals surface area contributed by atoms with E-state index in [0.717, 1.165) is 21.2 Å². The summed E-state index contributed by atoms with van der Waals surface area (Å²) in [5.74, 6) is 1.53. The van der Waals surface area contributed by atoms with Crippen molar-refractivity contribution in [3.63, 3.8) is 0 Å². The molecule has 0 spiro atoms. The molecule has 0 radical (unpaired) electrons. The lowest BCUT2D eigenvalue weighted by molar-refractivity contribution is -0.118. The van der Waals surface area contributed by atoms with Crippen LogP contribution in [0.4, 0.5) is 5.69 Å². The predicted octanol–water partition coefficient (Wildman–Crippen LogP) is 4.84. The number of hydrogen-bond acceptors (Lipinski definition) is 4. The van der Waals surface area contributed by atoms with Crippen LogP contribution in [0, 0.1) is 13.8 Å². The van der Waals surface area contributed by atoms with E-state index in [0.29, 0.717) is 23.0 Å². The molecule has 0 aliphatic heterocycles. The first-order valence-electron chi connectivity index (χ1n) is 8.45. The molecule has 0 aliphatic carbocycles. The summed E-state index contributed by atoms with van der Waals surface area (Å²) in [6.45, 7) is 3.70. The van der Waals surface area contributed by atoms with Crippen molar-refractivity contribution in [2.45, 2.75) is 20.5 Å². The molecule has 6 heteroatoms. The van der Waals surface area contributed by atoms with Crippen molar-refractivity contribution < 1.29 is 19.1 Å². The van der Waals surface area contributed by atoms with Gasteiger partial charge in [0, 0.05) is 11.3 Å². The van der Waals surface area contributed by atoms with E-state index in [-0.39, 0.29) is 19.1 Å². The highest BCUT2D eigenvalue weighted by Gasteiger charge is 2.11. The molecule has 140 valence electrons. The SMILES string of the molecule is Cc1cc(C)c(OCC(=O)Nc2cccc(-c3ccc(CO)o3)c2)c(Br)c1. The molecule has 5 nitrogen and oxygen atoms in total. The second-order valence-electron chi connectivity index (χ2n) is 6.23. The molecule has 0 atom stereocenters. The van der Waals surface area contributed by atoms with Gasteiger partial charge in [0.1, 0.15) is 23.9 Å². The molecule has 0 aliphatic rings. The second-order valence-corrected chi connectivity index (χ2v) is 7.09. The van der Waals surface area contributed by atoms with E-state index in [1.807, 2.05) is 44.2 Å². The van der Waals surface area contributed by atoms with Gasteiger partial charge in [-0.25, -0.2) is 0 Å². The first-order valence-corrected chi connectivity index (χ1v) is 9.25. The Hall–Kier alpha value is -2.57. The third-order valence-electron chi connectivity index (χ3n) is 3.97. The van der Waals surface area contributed by atoms with Crippen molar-refractivity contribution in [2.75, 3.05) is 11.9 Å². The summed E-state index contributed by atoms with van der Waals surface area (Å²) in [6, 6.07) is 14.8. The number of ether oxygens (including phenoxy) is 1. The van der Waals surface area contributed by atoms with E-state index < -0.39 is 0 Å². The minimum absolute atomic E-state index is 0.0951. The topological polar surface area (TPSA) is 71.7 Å². The summed E-state index contributed by atoms with van der Waals surface area (Å²) < 4.78 is 12.0. The molecule has 3 aromatic rings. The van der Waals surface area contributed by atoms with Gasteiger partial charge in [0.05, 0.1) is 4.47 Å². The highest BCUT2D eigenvalue weighted by molar-refractivity contribution is 9.10. The van der Waals surface area contributed by atoms with Crippen molar-refractivity contribution in [1.29, 1.82) is 0 Å². The highest BCUT2D eigenvalue weighted by atomic mass is 79.9. The van der Waals surface area contributed by atoms with Crippen LogP contribution < -0.4 is 10.1 Å². The lowest BCUT2D eigenvalue weighted by atomic mass is 10.1. The number of rotatable bonds is 6. The number of halogens is 1. The molecule has 27 heavy (non-hydrogen) atoms. The van der Waals surface area contributed by atoms with Crippen LogP contribution in [0.3, 0.4) is 0 Å². The Morgan fingerprint density at radius 2 is 2.00 bits per heavy atom. The zero-order chi connectivity index (χ0) is 19.4. The molecule has 1 heterocycles. The number of amides is 1.